The van der Waals surface area contributed by atoms with Gasteiger partial charge < -0.3 is 10.1 Å². The van der Waals surface area contributed by atoms with Crippen LogP contribution in [0.2, 0.25) is 0 Å². The second-order valence-electron chi connectivity index (χ2n) is 7.19. The first-order chi connectivity index (χ1) is 13.9. The van der Waals surface area contributed by atoms with Gasteiger partial charge >= 0.3 is 12.3 Å². The highest BCUT2D eigenvalue weighted by atomic mass is 19.4. The predicted octanol–water partition coefficient (Wildman–Crippen LogP) is 4.52. The van der Waals surface area contributed by atoms with Gasteiger partial charge in [0, 0.05) is 7.05 Å². The molecular formula is C19H22F3N5O3. The van der Waals surface area contributed by atoms with Crippen molar-refractivity contribution in [2.45, 2.75) is 32.5 Å². The fourth-order valence-electron chi connectivity index (χ4n) is 2.44. The normalized spacial score (nSPS) is 11.6. The van der Waals surface area contributed by atoms with Gasteiger partial charge in [-0.1, -0.05) is 0 Å². The van der Waals surface area contributed by atoms with Crippen molar-refractivity contribution in [1.82, 2.24) is 10.5 Å². The minimum atomic E-state index is -4.55. The van der Waals surface area contributed by atoms with Gasteiger partial charge in [-0.15, -0.1) is 0 Å². The van der Waals surface area contributed by atoms with E-state index in [9.17, 15) is 23.2 Å². The van der Waals surface area contributed by atoms with Gasteiger partial charge in [-0.2, -0.15) is 13.2 Å². The molecule has 2 rings (SSSR count). The number of ether oxygens (including phenoxy) is 1. The van der Waals surface area contributed by atoms with Crippen molar-refractivity contribution in [2.75, 3.05) is 17.3 Å². The third-order valence-electron chi connectivity index (χ3n) is 3.78. The van der Waals surface area contributed by atoms with Crippen LogP contribution < -0.4 is 15.7 Å². The highest BCUT2D eigenvalue weighted by Gasteiger charge is 2.32. The van der Waals surface area contributed by atoms with Crippen molar-refractivity contribution in [3.05, 3.63) is 47.7 Å². The summed E-state index contributed by atoms with van der Waals surface area (Å²) in [6.45, 7) is 4.89. The molecule has 0 spiro atoms. The number of hydrogen-bond donors (Lipinski definition) is 4. The topological polar surface area (TPSA) is 111 Å². The number of rotatable bonds is 4. The molecule has 0 radical (unpaired) electrons. The molecule has 0 aliphatic carbocycles. The lowest BCUT2D eigenvalue weighted by atomic mass is 10.1. The Morgan fingerprint density at radius 2 is 1.80 bits per heavy atom. The van der Waals surface area contributed by atoms with Crippen LogP contribution in [0.25, 0.3) is 0 Å². The Kier molecular flexibility index (Phi) is 6.56. The zero-order valence-electron chi connectivity index (χ0n) is 16.8. The van der Waals surface area contributed by atoms with Crippen molar-refractivity contribution in [1.29, 1.82) is 5.41 Å². The SMILES string of the molecule is CNc1cnc(N(C(=O)OC(C)(C)C)c2ccc(C(F)(F)F)cc2)c(C(=N)NO)c1. The van der Waals surface area contributed by atoms with Crippen molar-refractivity contribution < 1.29 is 27.9 Å². The average Bonchev–Trinajstić information content (AvgIpc) is 2.66. The molecule has 1 heterocycles. The fraction of sp³-hybridized carbons (Fsp3) is 0.316. The maximum atomic E-state index is 12.9. The fourth-order valence-corrected chi connectivity index (χ4v) is 2.44. The summed E-state index contributed by atoms with van der Waals surface area (Å²) < 4.78 is 44.2. The minimum absolute atomic E-state index is 0.00936. The van der Waals surface area contributed by atoms with E-state index in [4.69, 9.17) is 10.1 Å². The molecule has 1 aromatic heterocycles. The van der Waals surface area contributed by atoms with Crippen molar-refractivity contribution >= 4 is 29.1 Å². The molecule has 0 saturated carbocycles. The standard InChI is InChI=1S/C19H22F3N5O3/c1-18(2,3)30-17(28)27(13-7-5-11(6-8-13)19(20,21)22)16-14(15(23)26-29)9-12(24-4)10-25-16/h5-10,24,29H,1-4H3,(H2,23,26). The number of amidine groups is 1. The second kappa shape index (κ2) is 8.57. The first-order valence-corrected chi connectivity index (χ1v) is 8.74. The summed E-state index contributed by atoms with van der Waals surface area (Å²) in [5.41, 5.74) is 0.408. The molecule has 11 heteroatoms. The third-order valence-corrected chi connectivity index (χ3v) is 3.78. The average molecular weight is 425 g/mol. The molecule has 0 aliphatic heterocycles. The summed E-state index contributed by atoms with van der Waals surface area (Å²) in [6.07, 6.45) is -4.10. The Morgan fingerprint density at radius 3 is 2.27 bits per heavy atom. The molecule has 0 bridgehead atoms. The Labute approximate surface area is 171 Å². The summed E-state index contributed by atoms with van der Waals surface area (Å²) in [4.78, 5) is 18.0. The van der Waals surface area contributed by atoms with Gasteiger partial charge in [0.2, 0.25) is 0 Å². The van der Waals surface area contributed by atoms with Crippen molar-refractivity contribution in [2.24, 2.45) is 0 Å². The molecule has 8 nitrogen and oxygen atoms in total. The van der Waals surface area contributed by atoms with Gasteiger partial charge in [-0.25, -0.2) is 14.7 Å². The number of hydroxylamine groups is 1. The predicted molar refractivity (Wildman–Crippen MR) is 105 cm³/mol. The highest BCUT2D eigenvalue weighted by Crippen LogP contribution is 2.34. The Hall–Kier alpha value is -3.34. The number of carbonyl (C=O) groups excluding carboxylic acids is 1. The number of pyridine rings is 1. The molecule has 4 N–H and O–H groups in total. The lowest BCUT2D eigenvalue weighted by molar-refractivity contribution is -0.137. The van der Waals surface area contributed by atoms with Crippen LogP contribution in [0.15, 0.2) is 36.5 Å². The van der Waals surface area contributed by atoms with Crippen LogP contribution in [0.4, 0.5) is 35.2 Å². The number of carbonyl (C=O) groups is 1. The Morgan fingerprint density at radius 1 is 1.20 bits per heavy atom. The lowest BCUT2D eigenvalue weighted by Gasteiger charge is -2.28. The number of nitrogens with one attached hydrogen (secondary N) is 3. The van der Waals surface area contributed by atoms with Crippen LogP contribution in [-0.4, -0.2) is 34.8 Å². The molecular weight excluding hydrogens is 403 g/mol. The first-order valence-electron chi connectivity index (χ1n) is 8.74. The van der Waals surface area contributed by atoms with Crippen molar-refractivity contribution in [3.63, 3.8) is 0 Å². The largest absolute Gasteiger partial charge is 0.443 e. The van der Waals surface area contributed by atoms with E-state index in [1.165, 1.54) is 12.3 Å². The third kappa shape index (κ3) is 5.38. The van der Waals surface area contributed by atoms with Crippen LogP contribution in [0.5, 0.6) is 0 Å². The molecule has 1 amide bonds. The van der Waals surface area contributed by atoms with E-state index in [0.717, 1.165) is 29.2 Å². The van der Waals surface area contributed by atoms with E-state index in [-0.39, 0.29) is 17.1 Å². The van der Waals surface area contributed by atoms with E-state index in [1.54, 1.807) is 33.3 Å². The van der Waals surface area contributed by atoms with E-state index in [2.05, 4.69) is 10.3 Å². The summed E-state index contributed by atoms with van der Waals surface area (Å²) in [5.74, 6) is -0.593. The van der Waals surface area contributed by atoms with E-state index < -0.39 is 29.3 Å². The van der Waals surface area contributed by atoms with Crippen molar-refractivity contribution in [3.8, 4) is 0 Å². The number of anilines is 3. The van der Waals surface area contributed by atoms with Gasteiger partial charge in [-0.3, -0.25) is 16.1 Å². The number of alkyl halides is 3. The van der Waals surface area contributed by atoms with Crippen LogP contribution in [-0.2, 0) is 10.9 Å². The monoisotopic (exact) mass is 425 g/mol. The molecule has 0 atom stereocenters. The van der Waals surface area contributed by atoms with Gasteiger partial charge in [0.15, 0.2) is 11.7 Å². The Bertz CT molecular complexity index is 924. The van der Waals surface area contributed by atoms with Gasteiger partial charge in [0.05, 0.1) is 28.7 Å². The van der Waals surface area contributed by atoms with Gasteiger partial charge in [0.25, 0.3) is 0 Å². The smallest absolute Gasteiger partial charge is 0.420 e. The number of aromatic nitrogens is 1. The summed E-state index contributed by atoms with van der Waals surface area (Å²) in [7, 11) is 1.61. The molecule has 2 aromatic rings. The number of halogens is 3. The summed E-state index contributed by atoms with van der Waals surface area (Å²) in [6, 6.07) is 5.28. The number of benzene rings is 1. The maximum Gasteiger partial charge on any atom is 0.420 e. The van der Waals surface area contributed by atoms with Crippen LogP contribution >= 0.6 is 0 Å². The number of amides is 1. The van der Waals surface area contributed by atoms with E-state index >= 15 is 0 Å². The van der Waals surface area contributed by atoms with E-state index in [1.807, 2.05) is 0 Å². The maximum absolute atomic E-state index is 12.9. The van der Waals surface area contributed by atoms with Crippen LogP contribution in [0, 0.1) is 5.41 Å². The minimum Gasteiger partial charge on any atom is -0.443 e. The summed E-state index contributed by atoms with van der Waals surface area (Å²) >= 11 is 0. The molecule has 0 saturated heterocycles. The van der Waals surface area contributed by atoms with Crippen LogP contribution in [0.1, 0.15) is 31.9 Å². The highest BCUT2D eigenvalue weighted by molar-refractivity contribution is 6.06. The second-order valence-corrected chi connectivity index (χ2v) is 7.19. The Balaban J connectivity index is 2.66. The lowest BCUT2D eigenvalue weighted by Crippen LogP contribution is -2.36. The molecule has 0 fully saturated rings. The molecule has 0 aliphatic rings. The quantitative estimate of drug-likeness (QED) is 0.326. The number of hydrogen-bond acceptors (Lipinski definition) is 6. The molecule has 30 heavy (non-hydrogen) atoms. The molecule has 162 valence electrons. The summed E-state index contributed by atoms with van der Waals surface area (Å²) in [5, 5.41) is 19.9. The van der Waals surface area contributed by atoms with Gasteiger partial charge in [0.1, 0.15) is 5.60 Å². The zero-order valence-corrected chi connectivity index (χ0v) is 16.8. The molecule has 0 unspecified atom stereocenters. The zero-order chi connectivity index (χ0) is 22.7. The van der Waals surface area contributed by atoms with E-state index in [0.29, 0.717) is 5.69 Å². The molecule has 1 aromatic carbocycles. The first kappa shape index (κ1) is 22.9. The van der Waals surface area contributed by atoms with Crippen LogP contribution in [0.3, 0.4) is 0 Å². The number of nitrogens with zero attached hydrogens (tertiary/aromatic N) is 2. The van der Waals surface area contributed by atoms with Gasteiger partial charge in [-0.05, 0) is 51.1 Å².